The second kappa shape index (κ2) is 17.8. The minimum absolute atomic E-state index is 0.105. The van der Waals surface area contributed by atoms with Gasteiger partial charge in [-0.3, -0.25) is 4.79 Å². The molecule has 12 nitrogen and oxygen atoms in total. The van der Waals surface area contributed by atoms with Crippen molar-refractivity contribution in [1.82, 2.24) is 5.32 Å². The van der Waals surface area contributed by atoms with E-state index in [0.717, 1.165) is 65.8 Å². The van der Waals surface area contributed by atoms with Gasteiger partial charge in [0.1, 0.15) is 6.17 Å². The van der Waals surface area contributed by atoms with E-state index >= 15 is 0 Å². The van der Waals surface area contributed by atoms with E-state index in [9.17, 15) is 4.79 Å². The number of rotatable bonds is 18. The Morgan fingerprint density at radius 1 is 0.648 bits per heavy atom. The van der Waals surface area contributed by atoms with Crippen molar-refractivity contribution in [3.63, 3.8) is 0 Å². The molecule has 2 atom stereocenters. The van der Waals surface area contributed by atoms with Gasteiger partial charge in [-0.15, -0.1) is 0 Å². The number of nitrogens with one attached hydrogen (secondary N) is 2. The molecule has 1 amide bonds. The molecule has 0 aliphatic carbocycles. The number of anilines is 1. The number of benzene rings is 4. The van der Waals surface area contributed by atoms with Gasteiger partial charge < -0.3 is 48.6 Å². The van der Waals surface area contributed by atoms with Crippen LogP contribution in [0.4, 0.5) is 5.69 Å². The minimum atomic E-state index is -0.365. The van der Waals surface area contributed by atoms with Gasteiger partial charge in [0.15, 0.2) is 40.6 Å². The fourth-order valence-electron chi connectivity index (χ4n) is 6.60. The average molecular weight is 740 g/mol. The number of carbonyl (C=O) groups excluding carboxylic acids is 1. The summed E-state index contributed by atoms with van der Waals surface area (Å²) in [5.74, 6) is 4.19. The lowest BCUT2D eigenvalue weighted by molar-refractivity contribution is 0.0853. The minimum Gasteiger partial charge on any atom is -0.493 e. The zero-order valence-electron chi connectivity index (χ0n) is 31.8. The molecule has 2 N–H and O–H groups in total. The third kappa shape index (κ3) is 8.70. The Hall–Kier alpha value is -5.78. The van der Waals surface area contributed by atoms with Crippen LogP contribution in [0, 0.1) is 6.92 Å². The lowest BCUT2D eigenvalue weighted by Gasteiger charge is -2.28. The molecule has 0 fully saturated rings. The number of nitrogens with zero attached hydrogens (tertiary/aromatic N) is 1. The number of methoxy groups -OCH3 is 5. The summed E-state index contributed by atoms with van der Waals surface area (Å²) in [5, 5.41) is 10.8. The summed E-state index contributed by atoms with van der Waals surface area (Å²) >= 11 is 0. The van der Waals surface area contributed by atoms with Crippen LogP contribution in [0.15, 0.2) is 71.9 Å². The molecule has 0 radical (unpaired) electrons. The predicted octanol–water partition coefficient (Wildman–Crippen LogP) is 8.17. The number of amides is 1. The first-order chi connectivity index (χ1) is 26.3. The third-order valence-electron chi connectivity index (χ3n) is 9.54. The Morgan fingerprint density at radius 2 is 1.30 bits per heavy atom. The molecule has 2 aliphatic rings. The van der Waals surface area contributed by atoms with Crippen LogP contribution in [-0.2, 0) is 4.84 Å². The van der Waals surface area contributed by atoms with Crippen molar-refractivity contribution in [2.24, 2.45) is 5.16 Å². The van der Waals surface area contributed by atoms with Gasteiger partial charge in [-0.2, -0.15) is 0 Å². The Balaban J connectivity index is 0.925. The molecule has 6 rings (SSSR count). The number of hydrogen-bond acceptors (Lipinski definition) is 11. The molecule has 0 bridgehead atoms. The molecule has 2 unspecified atom stereocenters. The molecule has 286 valence electrons. The summed E-state index contributed by atoms with van der Waals surface area (Å²) in [6, 6.07) is 21.1. The lowest BCUT2D eigenvalue weighted by Crippen LogP contribution is -2.38. The fourth-order valence-corrected chi connectivity index (χ4v) is 6.60. The van der Waals surface area contributed by atoms with Crippen molar-refractivity contribution >= 4 is 17.3 Å². The van der Waals surface area contributed by atoms with Crippen LogP contribution in [0.25, 0.3) is 0 Å². The van der Waals surface area contributed by atoms with E-state index in [-0.39, 0.29) is 18.2 Å². The molecule has 0 aromatic heterocycles. The van der Waals surface area contributed by atoms with Crippen molar-refractivity contribution in [3.05, 3.63) is 94.5 Å². The normalized spacial score (nSPS) is 15.9. The van der Waals surface area contributed by atoms with Crippen LogP contribution in [0.3, 0.4) is 0 Å². The Bertz CT molecular complexity index is 1940. The van der Waals surface area contributed by atoms with Crippen molar-refractivity contribution in [2.45, 2.75) is 57.7 Å². The van der Waals surface area contributed by atoms with Gasteiger partial charge in [-0.1, -0.05) is 42.1 Å². The number of aryl methyl sites for hydroxylation is 1. The summed E-state index contributed by atoms with van der Waals surface area (Å²) < 4.78 is 40.0. The number of ether oxygens (including phenoxy) is 7. The maximum Gasteiger partial charge on any atom is 0.255 e. The molecule has 12 heteroatoms. The maximum atomic E-state index is 12.7. The van der Waals surface area contributed by atoms with Crippen molar-refractivity contribution in [2.75, 3.05) is 54.1 Å². The van der Waals surface area contributed by atoms with E-state index in [0.29, 0.717) is 65.4 Å². The molecule has 4 aromatic carbocycles. The molecule has 0 saturated carbocycles. The monoisotopic (exact) mass is 739 g/mol. The second-order valence-electron chi connectivity index (χ2n) is 13.1. The highest BCUT2D eigenvalue weighted by atomic mass is 16.6. The summed E-state index contributed by atoms with van der Waals surface area (Å²) in [4.78, 5) is 18.6. The summed E-state index contributed by atoms with van der Waals surface area (Å²) in [6.07, 6.45) is 4.85. The van der Waals surface area contributed by atoms with E-state index in [1.54, 1.807) is 35.5 Å². The smallest absolute Gasteiger partial charge is 0.255 e. The van der Waals surface area contributed by atoms with Crippen LogP contribution < -0.4 is 43.8 Å². The quantitative estimate of drug-likeness (QED) is 0.0966. The summed E-state index contributed by atoms with van der Waals surface area (Å²) in [5.41, 5.74) is 5.97. The van der Waals surface area contributed by atoms with Crippen LogP contribution in [0.5, 0.6) is 40.2 Å². The molecule has 4 aromatic rings. The Morgan fingerprint density at radius 3 is 1.98 bits per heavy atom. The first-order valence-electron chi connectivity index (χ1n) is 18.2. The van der Waals surface area contributed by atoms with Gasteiger partial charge in [0.25, 0.3) is 5.91 Å². The highest BCUT2D eigenvalue weighted by Gasteiger charge is 2.28. The Kier molecular flexibility index (Phi) is 12.5. The van der Waals surface area contributed by atoms with Crippen molar-refractivity contribution in [1.29, 1.82) is 0 Å². The number of fused-ring (bicyclic) bond motifs is 1. The number of hydrogen-bond donors (Lipinski definition) is 2. The number of oxime groups is 1. The molecular weight excluding hydrogens is 690 g/mol. The summed E-state index contributed by atoms with van der Waals surface area (Å²) in [6.45, 7) is 3.12. The first-order valence-corrected chi connectivity index (χ1v) is 18.2. The van der Waals surface area contributed by atoms with Crippen LogP contribution >= 0.6 is 0 Å². The SMILES string of the molecule is COc1cc(C2NC(=O)c3cc(C)ccc3N2)ccc1OCCCCCCCOc1cc(C2=NOC(c3cc(OC)c(OC)c(OC)c3)C2)ccc1OC. The average Bonchev–Trinajstić information content (AvgIpc) is 3.70. The van der Waals surface area contributed by atoms with Gasteiger partial charge in [0.05, 0.1) is 60.0 Å². The molecule has 54 heavy (non-hydrogen) atoms. The maximum absolute atomic E-state index is 12.7. The zero-order valence-corrected chi connectivity index (χ0v) is 31.8. The molecule has 0 spiro atoms. The second-order valence-corrected chi connectivity index (χ2v) is 13.1. The molecule has 0 saturated heterocycles. The standard InChI is InChI=1S/C42H49N3O9/c1-26-12-15-31-30(20-26)42(46)44-41(43-31)28-14-17-34(36(22-28)48-3)52-18-10-8-7-9-11-19-53-37-21-27(13-16-33(37)47-2)32-25-35(54-45-32)29-23-38(49-4)40(51-6)39(24-29)50-5/h12-17,20-24,35,41,43H,7-11,18-19,25H2,1-6H3,(H,44,46). The van der Waals surface area contributed by atoms with E-state index in [2.05, 4.69) is 15.8 Å². The van der Waals surface area contributed by atoms with Gasteiger partial charge in [0.2, 0.25) is 5.75 Å². The van der Waals surface area contributed by atoms with Crippen molar-refractivity contribution < 1.29 is 42.8 Å². The summed E-state index contributed by atoms with van der Waals surface area (Å²) in [7, 11) is 8.02. The molecule has 2 aliphatic heterocycles. The van der Waals surface area contributed by atoms with Gasteiger partial charge >= 0.3 is 0 Å². The van der Waals surface area contributed by atoms with Gasteiger partial charge in [-0.05, 0) is 79.9 Å². The van der Waals surface area contributed by atoms with E-state index in [1.807, 2.05) is 73.7 Å². The number of carbonyl (C=O) groups is 1. The Labute approximate surface area is 316 Å². The topological polar surface area (TPSA) is 127 Å². The van der Waals surface area contributed by atoms with E-state index in [4.69, 9.17) is 38.0 Å². The predicted molar refractivity (Wildman–Crippen MR) is 206 cm³/mol. The molecule has 2 heterocycles. The van der Waals surface area contributed by atoms with Gasteiger partial charge in [0, 0.05) is 23.2 Å². The zero-order chi connectivity index (χ0) is 38.0. The first kappa shape index (κ1) is 38.0. The van der Waals surface area contributed by atoms with Crippen molar-refractivity contribution in [3.8, 4) is 40.2 Å². The van der Waals surface area contributed by atoms with Crippen LogP contribution in [0.2, 0.25) is 0 Å². The highest BCUT2D eigenvalue weighted by molar-refractivity contribution is 6.02. The third-order valence-corrected chi connectivity index (χ3v) is 9.54. The van der Waals surface area contributed by atoms with E-state index < -0.39 is 0 Å². The highest BCUT2D eigenvalue weighted by Crippen LogP contribution is 2.42. The van der Waals surface area contributed by atoms with Crippen LogP contribution in [-0.4, -0.2) is 60.4 Å². The van der Waals surface area contributed by atoms with Gasteiger partial charge in [-0.25, -0.2) is 0 Å². The molecular formula is C42H49N3O9. The van der Waals surface area contributed by atoms with Crippen LogP contribution in [0.1, 0.15) is 83.4 Å². The van der Waals surface area contributed by atoms with E-state index in [1.165, 1.54) is 0 Å². The lowest BCUT2D eigenvalue weighted by atomic mass is 9.99. The largest absolute Gasteiger partial charge is 0.493 e. The number of unbranched alkanes of at least 4 members (excludes halogenated alkanes) is 4. The fraction of sp³-hybridized carbons (Fsp3) is 0.381.